The zero-order chi connectivity index (χ0) is 36.3. The van der Waals surface area contributed by atoms with Crippen molar-refractivity contribution in [2.75, 3.05) is 18.8 Å². The van der Waals surface area contributed by atoms with Crippen molar-refractivity contribution in [1.29, 1.82) is 0 Å². The molecule has 0 rings (SSSR count). The van der Waals surface area contributed by atoms with Gasteiger partial charge in [0.05, 0.1) is 19.0 Å². The molecule has 0 saturated heterocycles. The van der Waals surface area contributed by atoms with Crippen LogP contribution in [0.4, 0.5) is 0 Å². The molecule has 21 heteroatoms. The second-order valence-corrected chi connectivity index (χ2v) is 10.8. The lowest BCUT2D eigenvalue weighted by atomic mass is 10.1. The number of carboxylic acid groups (broad SMARTS) is 2. The Labute approximate surface area is 275 Å². The Morgan fingerprint density at radius 2 is 1.28 bits per heavy atom. The van der Waals surface area contributed by atoms with Crippen LogP contribution >= 0.6 is 12.6 Å². The van der Waals surface area contributed by atoms with Crippen molar-refractivity contribution < 1.29 is 53.4 Å². The van der Waals surface area contributed by atoms with Crippen molar-refractivity contribution in [3.63, 3.8) is 0 Å². The lowest BCUT2D eigenvalue weighted by molar-refractivity contribution is -0.143. The van der Waals surface area contributed by atoms with Gasteiger partial charge in [0.15, 0.2) is 0 Å². The highest BCUT2D eigenvalue weighted by Gasteiger charge is 2.31. The number of nitrogens with one attached hydrogen (secondary N) is 6. The van der Waals surface area contributed by atoms with Crippen LogP contribution in [-0.2, 0) is 43.2 Å². The fourth-order valence-electron chi connectivity index (χ4n) is 3.68. The molecule has 47 heavy (non-hydrogen) atoms. The average Bonchev–Trinajstić information content (AvgIpc) is 2.98. The number of aliphatic carboxylic acids is 2. The summed E-state index contributed by atoms with van der Waals surface area (Å²) in [5.41, 5.74) is 16.2. The standard InChI is InChI=1S/C26H45N9O11S/c1-12(28)21(40)35-17(11-47)23(42)30-10-19(37)32-14(5-3-4-8-27)24(43)34-16(9-18(29)36)25(44)31-13(2)22(41)33-15(26(45)46)6-7-20(38)39/h12-17,47H,3-11,27-28H2,1-2H3,(H2,29,36)(H,30,42)(H,31,44)(H,32,37)(H,33,41)(H,34,43)(H,35,40)(H,38,39)(H,45,46)/t12-,13-,14-,15-,16-,17-/m0/s1. The van der Waals surface area contributed by atoms with E-state index in [0.717, 1.165) is 0 Å². The molecule has 0 fully saturated rings. The first-order chi connectivity index (χ1) is 21.9. The SMILES string of the molecule is C[C@H](N)C(=O)N[C@@H](CS)C(=O)NCC(=O)N[C@@H](CCCCN)C(=O)N[C@@H](CC(N)=O)C(=O)N[C@@H](C)C(=O)N[C@@H](CCC(=O)O)C(=O)O. The van der Waals surface area contributed by atoms with Crippen molar-refractivity contribution in [2.24, 2.45) is 17.2 Å². The van der Waals surface area contributed by atoms with E-state index in [2.05, 4.69) is 44.5 Å². The minimum absolute atomic E-state index is 0.0308. The highest BCUT2D eigenvalue weighted by atomic mass is 32.1. The summed E-state index contributed by atoms with van der Waals surface area (Å²) in [6.45, 7) is 2.24. The second kappa shape index (κ2) is 22.1. The third-order valence-electron chi connectivity index (χ3n) is 6.30. The van der Waals surface area contributed by atoms with Gasteiger partial charge in [0, 0.05) is 12.2 Å². The first-order valence-electron chi connectivity index (χ1n) is 14.5. The Bertz CT molecular complexity index is 1160. The Kier molecular flexibility index (Phi) is 20.0. The van der Waals surface area contributed by atoms with E-state index in [1.807, 2.05) is 0 Å². The predicted molar refractivity (Wildman–Crippen MR) is 167 cm³/mol. The normalized spacial score (nSPS) is 14.5. The molecule has 7 amide bonds. The number of carbonyl (C=O) groups is 9. The molecular weight excluding hydrogens is 646 g/mol. The molecule has 0 aliphatic heterocycles. The lowest BCUT2D eigenvalue weighted by Crippen LogP contribution is -2.58. The quantitative estimate of drug-likeness (QED) is 0.0352. The fraction of sp³-hybridized carbons (Fsp3) is 0.654. The summed E-state index contributed by atoms with van der Waals surface area (Å²) in [6, 6.07) is -7.88. The summed E-state index contributed by atoms with van der Waals surface area (Å²) < 4.78 is 0. The summed E-state index contributed by atoms with van der Waals surface area (Å²) in [5.74, 6) is -9.07. The van der Waals surface area contributed by atoms with Crippen molar-refractivity contribution in [1.82, 2.24) is 31.9 Å². The van der Waals surface area contributed by atoms with Crippen LogP contribution in [0.1, 0.15) is 52.4 Å². The minimum atomic E-state index is -1.63. The zero-order valence-corrected chi connectivity index (χ0v) is 27.0. The largest absolute Gasteiger partial charge is 0.481 e. The average molecular weight is 692 g/mol. The van der Waals surface area contributed by atoms with E-state index < -0.39 is 115 Å². The monoisotopic (exact) mass is 691 g/mol. The van der Waals surface area contributed by atoms with Crippen LogP contribution in [0, 0.1) is 0 Å². The summed E-state index contributed by atoms with van der Waals surface area (Å²) in [4.78, 5) is 109. The summed E-state index contributed by atoms with van der Waals surface area (Å²) in [5, 5.41) is 31.7. The zero-order valence-electron chi connectivity index (χ0n) is 26.1. The molecule has 0 radical (unpaired) electrons. The highest BCUT2D eigenvalue weighted by molar-refractivity contribution is 7.80. The molecule has 0 aromatic heterocycles. The molecular formula is C26H45N9O11S. The van der Waals surface area contributed by atoms with Crippen molar-refractivity contribution in [2.45, 2.75) is 88.6 Å². The van der Waals surface area contributed by atoms with Gasteiger partial charge in [-0.1, -0.05) is 0 Å². The molecule has 266 valence electrons. The Morgan fingerprint density at radius 1 is 0.702 bits per heavy atom. The van der Waals surface area contributed by atoms with Gasteiger partial charge < -0.3 is 59.3 Å². The van der Waals surface area contributed by atoms with Gasteiger partial charge in [-0.15, -0.1) is 0 Å². The third-order valence-corrected chi connectivity index (χ3v) is 6.67. The molecule has 0 saturated carbocycles. The van der Waals surface area contributed by atoms with E-state index in [4.69, 9.17) is 22.3 Å². The van der Waals surface area contributed by atoms with E-state index in [0.29, 0.717) is 12.8 Å². The number of amides is 7. The number of hydrogen-bond donors (Lipinski definition) is 12. The maximum Gasteiger partial charge on any atom is 0.326 e. The predicted octanol–water partition coefficient (Wildman–Crippen LogP) is -5.22. The Hall–Kier alpha value is -4.50. The first kappa shape index (κ1) is 42.5. The number of hydrogen-bond acceptors (Lipinski definition) is 12. The van der Waals surface area contributed by atoms with Gasteiger partial charge in [0.25, 0.3) is 0 Å². The number of unbranched alkanes of at least 4 members (excludes halogenated alkanes) is 1. The van der Waals surface area contributed by atoms with Crippen LogP contribution in [0.2, 0.25) is 0 Å². The van der Waals surface area contributed by atoms with Gasteiger partial charge in [-0.05, 0) is 46.1 Å². The molecule has 0 aromatic rings. The van der Waals surface area contributed by atoms with Gasteiger partial charge in [0.2, 0.25) is 41.4 Å². The molecule has 0 heterocycles. The number of carbonyl (C=O) groups excluding carboxylic acids is 7. The van der Waals surface area contributed by atoms with Crippen LogP contribution in [0.5, 0.6) is 0 Å². The molecule has 0 unspecified atom stereocenters. The van der Waals surface area contributed by atoms with Gasteiger partial charge in [-0.3, -0.25) is 38.4 Å². The van der Waals surface area contributed by atoms with Gasteiger partial charge in [-0.25, -0.2) is 4.79 Å². The number of rotatable bonds is 23. The number of carboxylic acids is 2. The van der Waals surface area contributed by atoms with E-state index >= 15 is 0 Å². The fourth-order valence-corrected chi connectivity index (χ4v) is 3.94. The molecule has 0 bridgehead atoms. The van der Waals surface area contributed by atoms with Crippen LogP contribution < -0.4 is 49.1 Å². The molecule has 20 nitrogen and oxygen atoms in total. The van der Waals surface area contributed by atoms with E-state index in [-0.39, 0.29) is 18.7 Å². The molecule has 0 aliphatic rings. The van der Waals surface area contributed by atoms with Crippen molar-refractivity contribution in [3.8, 4) is 0 Å². The molecule has 0 aromatic carbocycles. The van der Waals surface area contributed by atoms with Gasteiger partial charge >= 0.3 is 11.9 Å². The topological polar surface area (TPSA) is 344 Å². The second-order valence-electron chi connectivity index (χ2n) is 10.4. The van der Waals surface area contributed by atoms with Gasteiger partial charge in [-0.2, -0.15) is 12.6 Å². The van der Waals surface area contributed by atoms with Crippen LogP contribution in [0.25, 0.3) is 0 Å². The van der Waals surface area contributed by atoms with E-state index in [9.17, 15) is 48.3 Å². The smallest absolute Gasteiger partial charge is 0.326 e. The highest BCUT2D eigenvalue weighted by Crippen LogP contribution is 2.04. The summed E-state index contributed by atoms with van der Waals surface area (Å²) in [7, 11) is 0. The third kappa shape index (κ3) is 17.7. The lowest BCUT2D eigenvalue weighted by Gasteiger charge is -2.24. The first-order valence-corrected chi connectivity index (χ1v) is 15.1. The van der Waals surface area contributed by atoms with Crippen molar-refractivity contribution >= 4 is 65.9 Å². The van der Waals surface area contributed by atoms with E-state index in [1.165, 1.54) is 13.8 Å². The Balaban J connectivity index is 5.56. The minimum Gasteiger partial charge on any atom is -0.481 e. The number of nitrogens with two attached hydrogens (primary N) is 3. The molecule has 6 atom stereocenters. The maximum absolute atomic E-state index is 13.2. The number of thiol groups is 1. The van der Waals surface area contributed by atoms with Crippen LogP contribution in [0.3, 0.4) is 0 Å². The van der Waals surface area contributed by atoms with E-state index in [1.54, 1.807) is 0 Å². The van der Waals surface area contributed by atoms with Gasteiger partial charge in [0.1, 0.15) is 30.2 Å². The Morgan fingerprint density at radius 3 is 1.79 bits per heavy atom. The maximum atomic E-state index is 13.2. The molecule has 0 spiro atoms. The van der Waals surface area contributed by atoms with Crippen molar-refractivity contribution in [3.05, 3.63) is 0 Å². The molecule has 14 N–H and O–H groups in total. The molecule has 0 aliphatic carbocycles. The van der Waals surface area contributed by atoms with Crippen LogP contribution in [-0.4, -0.2) is 119 Å². The summed E-state index contributed by atoms with van der Waals surface area (Å²) >= 11 is 4.00. The summed E-state index contributed by atoms with van der Waals surface area (Å²) in [6.07, 6.45) is -0.867. The van der Waals surface area contributed by atoms with Crippen LogP contribution in [0.15, 0.2) is 0 Å². The number of primary amides is 1.